The molecule has 2 saturated heterocycles. The topological polar surface area (TPSA) is 20.3 Å². The summed E-state index contributed by atoms with van der Waals surface area (Å²) in [6, 6.07) is 0. The Morgan fingerprint density at radius 1 is 1.54 bits per heavy atom. The highest BCUT2D eigenvalue weighted by molar-refractivity contribution is 8.00. The highest BCUT2D eigenvalue weighted by atomic mass is 32.2. The highest BCUT2D eigenvalue weighted by Crippen LogP contribution is 2.41. The number of hydrogen-bond donors (Lipinski definition) is 0. The van der Waals surface area contributed by atoms with Crippen LogP contribution in [0.4, 0.5) is 0 Å². The molecule has 0 aromatic carbocycles. The van der Waals surface area contributed by atoms with Crippen LogP contribution in [0.1, 0.15) is 25.7 Å². The van der Waals surface area contributed by atoms with E-state index in [-0.39, 0.29) is 0 Å². The molecule has 1 spiro atoms. The predicted octanol–water partition coefficient (Wildman–Crippen LogP) is 1.55. The minimum atomic E-state index is 0.294. The van der Waals surface area contributed by atoms with Gasteiger partial charge in [-0.1, -0.05) is 0 Å². The number of hydrogen-bond acceptors (Lipinski definition) is 3. The van der Waals surface area contributed by atoms with E-state index in [9.17, 15) is 4.79 Å². The van der Waals surface area contributed by atoms with E-state index >= 15 is 0 Å². The van der Waals surface area contributed by atoms with E-state index in [4.69, 9.17) is 0 Å². The molecule has 2 aliphatic rings. The second-order valence-corrected chi connectivity index (χ2v) is 5.90. The van der Waals surface area contributed by atoms with Gasteiger partial charge in [0.25, 0.3) is 0 Å². The van der Waals surface area contributed by atoms with Gasteiger partial charge in [0.05, 0.1) is 0 Å². The first-order chi connectivity index (χ1) is 6.20. The summed E-state index contributed by atoms with van der Waals surface area (Å²) in [6.07, 6.45) is 4.13. The number of nitrogens with zero attached hydrogens (tertiary/aromatic N) is 1. The van der Waals surface area contributed by atoms with E-state index in [1.807, 2.05) is 11.8 Å². The number of carbonyl (C=O) groups excluding carboxylic acids is 1. The number of Topliss-reactive ketones (excluding diaryl/α,β-unsaturated/α-hetero) is 1. The molecule has 13 heavy (non-hydrogen) atoms. The minimum Gasteiger partial charge on any atom is -0.305 e. The smallest absolute Gasteiger partial charge is 0.135 e. The second-order valence-electron chi connectivity index (χ2n) is 4.34. The van der Waals surface area contributed by atoms with Crippen LogP contribution in [0.25, 0.3) is 0 Å². The zero-order valence-corrected chi connectivity index (χ0v) is 9.03. The summed E-state index contributed by atoms with van der Waals surface area (Å²) in [5.41, 5.74) is 0. The number of rotatable bonds is 0. The van der Waals surface area contributed by atoms with Gasteiger partial charge >= 0.3 is 0 Å². The van der Waals surface area contributed by atoms with E-state index in [0.717, 1.165) is 25.1 Å². The third-order valence-corrected chi connectivity index (χ3v) is 4.54. The van der Waals surface area contributed by atoms with Gasteiger partial charge in [-0.25, -0.2) is 0 Å². The van der Waals surface area contributed by atoms with Gasteiger partial charge in [-0.2, -0.15) is 11.8 Å². The lowest BCUT2D eigenvalue weighted by atomic mass is 9.91. The summed E-state index contributed by atoms with van der Waals surface area (Å²) in [4.78, 5) is 13.8. The number of piperidine rings is 1. The molecule has 0 radical (unpaired) electrons. The molecule has 0 aliphatic carbocycles. The Morgan fingerprint density at radius 2 is 2.38 bits per heavy atom. The highest BCUT2D eigenvalue weighted by Gasteiger charge is 2.38. The molecule has 2 fully saturated rings. The van der Waals surface area contributed by atoms with Crippen molar-refractivity contribution in [2.45, 2.75) is 30.4 Å². The van der Waals surface area contributed by atoms with Gasteiger partial charge in [0, 0.05) is 29.9 Å². The van der Waals surface area contributed by atoms with E-state index in [1.54, 1.807) is 0 Å². The molecule has 0 bridgehead atoms. The van der Waals surface area contributed by atoms with E-state index in [1.165, 1.54) is 19.4 Å². The van der Waals surface area contributed by atoms with Gasteiger partial charge in [-0.3, -0.25) is 4.79 Å². The van der Waals surface area contributed by atoms with Crippen molar-refractivity contribution in [2.24, 2.45) is 0 Å². The summed E-state index contributed by atoms with van der Waals surface area (Å²) in [6.45, 7) is 2.32. The van der Waals surface area contributed by atoms with Crippen molar-refractivity contribution >= 4 is 17.5 Å². The molecular weight excluding hydrogens is 182 g/mol. The van der Waals surface area contributed by atoms with Crippen LogP contribution in [0.3, 0.4) is 0 Å². The first kappa shape index (κ1) is 9.53. The Bertz CT molecular complexity index is 215. The Kier molecular flexibility index (Phi) is 2.65. The minimum absolute atomic E-state index is 0.294. The van der Waals surface area contributed by atoms with Crippen LogP contribution in [0.5, 0.6) is 0 Å². The predicted molar refractivity (Wildman–Crippen MR) is 56.2 cm³/mol. The van der Waals surface area contributed by atoms with E-state index < -0.39 is 0 Å². The number of ketones is 1. The van der Waals surface area contributed by atoms with Gasteiger partial charge in [-0.15, -0.1) is 0 Å². The molecule has 74 valence electrons. The van der Waals surface area contributed by atoms with Crippen molar-refractivity contribution in [1.82, 2.24) is 4.90 Å². The van der Waals surface area contributed by atoms with Crippen LogP contribution >= 0.6 is 11.8 Å². The number of carbonyl (C=O) groups is 1. The molecule has 0 amide bonds. The van der Waals surface area contributed by atoms with Crippen LogP contribution in [-0.2, 0) is 4.79 Å². The summed E-state index contributed by atoms with van der Waals surface area (Å²) in [7, 11) is 2.17. The van der Waals surface area contributed by atoms with Crippen molar-refractivity contribution in [3.63, 3.8) is 0 Å². The molecule has 2 rings (SSSR count). The summed E-state index contributed by atoms with van der Waals surface area (Å²) in [5.74, 6) is 1.53. The van der Waals surface area contributed by atoms with Crippen LogP contribution in [0.15, 0.2) is 0 Å². The Labute approximate surface area is 84.1 Å². The molecule has 0 N–H and O–H groups in total. The maximum atomic E-state index is 11.4. The van der Waals surface area contributed by atoms with Crippen molar-refractivity contribution in [2.75, 3.05) is 25.9 Å². The van der Waals surface area contributed by atoms with Gasteiger partial charge in [0.2, 0.25) is 0 Å². The summed E-state index contributed by atoms with van der Waals surface area (Å²) in [5, 5.41) is 0. The lowest BCUT2D eigenvalue weighted by Crippen LogP contribution is -2.47. The quantitative estimate of drug-likeness (QED) is 0.590. The summed E-state index contributed by atoms with van der Waals surface area (Å²) < 4.78 is 0.294. The Balaban J connectivity index is 2.04. The van der Waals surface area contributed by atoms with Gasteiger partial charge < -0.3 is 4.90 Å². The first-order valence-electron chi connectivity index (χ1n) is 5.04. The van der Waals surface area contributed by atoms with Crippen molar-refractivity contribution in [3.05, 3.63) is 0 Å². The van der Waals surface area contributed by atoms with Crippen molar-refractivity contribution in [1.29, 1.82) is 0 Å². The SMILES string of the molecule is CN1CCCC2(CC(=O)CCS2)C1. The molecule has 2 aliphatic heterocycles. The maximum absolute atomic E-state index is 11.4. The van der Waals surface area contributed by atoms with Crippen molar-refractivity contribution in [3.8, 4) is 0 Å². The molecule has 2 nitrogen and oxygen atoms in total. The second kappa shape index (κ2) is 3.62. The summed E-state index contributed by atoms with van der Waals surface area (Å²) >= 11 is 2.03. The third kappa shape index (κ3) is 2.08. The molecule has 0 aromatic heterocycles. The Hall–Kier alpha value is -0.0200. The van der Waals surface area contributed by atoms with E-state index in [0.29, 0.717) is 10.5 Å². The molecule has 1 unspecified atom stereocenters. The zero-order chi connectivity index (χ0) is 9.31. The normalized spacial score (nSPS) is 36.8. The third-order valence-electron chi connectivity index (χ3n) is 3.04. The fourth-order valence-electron chi connectivity index (χ4n) is 2.46. The average molecular weight is 199 g/mol. The van der Waals surface area contributed by atoms with E-state index in [2.05, 4.69) is 11.9 Å². The molecule has 2 heterocycles. The molecule has 3 heteroatoms. The van der Waals surface area contributed by atoms with Crippen LogP contribution in [-0.4, -0.2) is 41.3 Å². The monoisotopic (exact) mass is 199 g/mol. The van der Waals surface area contributed by atoms with Crippen LogP contribution < -0.4 is 0 Å². The molecular formula is C10H17NOS. The average Bonchev–Trinajstić information content (AvgIpc) is 2.02. The van der Waals surface area contributed by atoms with Crippen LogP contribution in [0, 0.1) is 0 Å². The zero-order valence-electron chi connectivity index (χ0n) is 8.21. The lowest BCUT2D eigenvalue weighted by Gasteiger charge is -2.42. The largest absolute Gasteiger partial charge is 0.305 e. The van der Waals surface area contributed by atoms with Gasteiger partial charge in [-0.05, 0) is 26.4 Å². The molecule has 0 saturated carbocycles. The standard InChI is InChI=1S/C10H17NOS/c1-11-5-2-4-10(8-11)7-9(12)3-6-13-10/h2-8H2,1H3. The lowest BCUT2D eigenvalue weighted by molar-refractivity contribution is -0.119. The Morgan fingerprint density at radius 3 is 3.08 bits per heavy atom. The first-order valence-corrected chi connectivity index (χ1v) is 6.03. The fourth-order valence-corrected chi connectivity index (χ4v) is 4.09. The number of thioether (sulfide) groups is 1. The van der Waals surface area contributed by atoms with Crippen LogP contribution in [0.2, 0.25) is 0 Å². The fraction of sp³-hybridized carbons (Fsp3) is 0.900. The maximum Gasteiger partial charge on any atom is 0.135 e. The van der Waals surface area contributed by atoms with Crippen molar-refractivity contribution < 1.29 is 4.79 Å². The van der Waals surface area contributed by atoms with Gasteiger partial charge in [0.1, 0.15) is 5.78 Å². The molecule has 1 atom stereocenters. The van der Waals surface area contributed by atoms with Gasteiger partial charge in [0.15, 0.2) is 0 Å². The number of likely N-dealkylation sites (tertiary alicyclic amines) is 1. The molecule has 0 aromatic rings.